The highest BCUT2D eigenvalue weighted by molar-refractivity contribution is 5.41. The van der Waals surface area contributed by atoms with E-state index < -0.39 is 0 Å². The Morgan fingerprint density at radius 3 is 2.73 bits per heavy atom. The largest absolute Gasteiger partial charge is 0.504 e. The van der Waals surface area contributed by atoms with Gasteiger partial charge in [-0.15, -0.1) is 0 Å². The summed E-state index contributed by atoms with van der Waals surface area (Å²) in [5.74, 6) is 1.35. The first-order chi connectivity index (χ1) is 7.13. The number of benzene rings is 1. The van der Waals surface area contributed by atoms with Crippen molar-refractivity contribution in [3.05, 3.63) is 23.8 Å². The van der Waals surface area contributed by atoms with Crippen LogP contribution in [0.1, 0.15) is 19.4 Å². The lowest BCUT2D eigenvalue weighted by Gasteiger charge is -2.09. The van der Waals surface area contributed by atoms with E-state index in [1.54, 1.807) is 13.2 Å². The van der Waals surface area contributed by atoms with Gasteiger partial charge in [-0.1, -0.05) is 19.9 Å². The van der Waals surface area contributed by atoms with Gasteiger partial charge in [0.2, 0.25) is 0 Å². The summed E-state index contributed by atoms with van der Waals surface area (Å²) in [6.07, 6.45) is 0. The summed E-state index contributed by atoms with van der Waals surface area (Å²) >= 11 is 0. The van der Waals surface area contributed by atoms with E-state index in [0.29, 0.717) is 11.7 Å². The minimum atomic E-state index is 0.185. The van der Waals surface area contributed by atoms with Crippen LogP contribution in [0.25, 0.3) is 0 Å². The maximum atomic E-state index is 9.40. The van der Waals surface area contributed by atoms with Gasteiger partial charge in [-0.3, -0.25) is 0 Å². The molecule has 3 heteroatoms. The third kappa shape index (κ3) is 3.80. The molecule has 0 unspecified atom stereocenters. The molecular weight excluding hydrogens is 190 g/mol. The molecule has 0 amide bonds. The number of phenolic OH excluding ortho intramolecular Hbond substituents is 1. The van der Waals surface area contributed by atoms with Gasteiger partial charge in [-0.05, 0) is 30.2 Å². The van der Waals surface area contributed by atoms with E-state index in [0.717, 1.165) is 18.7 Å². The molecule has 1 aromatic carbocycles. The number of rotatable bonds is 5. The van der Waals surface area contributed by atoms with Gasteiger partial charge in [0.15, 0.2) is 11.5 Å². The zero-order valence-corrected chi connectivity index (χ0v) is 9.58. The van der Waals surface area contributed by atoms with Crippen LogP contribution in [0.3, 0.4) is 0 Å². The molecule has 15 heavy (non-hydrogen) atoms. The summed E-state index contributed by atoms with van der Waals surface area (Å²) in [5.41, 5.74) is 1.12. The summed E-state index contributed by atoms with van der Waals surface area (Å²) in [5, 5.41) is 12.7. The topological polar surface area (TPSA) is 41.5 Å². The van der Waals surface area contributed by atoms with Crippen LogP contribution in [0.15, 0.2) is 18.2 Å². The number of hydrogen-bond donors (Lipinski definition) is 2. The normalized spacial score (nSPS) is 10.7. The molecule has 0 aliphatic carbocycles. The first-order valence-electron chi connectivity index (χ1n) is 5.20. The van der Waals surface area contributed by atoms with E-state index in [1.165, 1.54) is 0 Å². The number of aromatic hydroxyl groups is 1. The third-order valence-corrected chi connectivity index (χ3v) is 2.13. The van der Waals surface area contributed by atoms with Gasteiger partial charge in [0, 0.05) is 6.54 Å². The second kappa shape index (κ2) is 5.61. The SMILES string of the molecule is COc1cc(CNCC(C)C)ccc1O. The van der Waals surface area contributed by atoms with Gasteiger partial charge in [0.1, 0.15) is 0 Å². The fourth-order valence-corrected chi connectivity index (χ4v) is 1.34. The van der Waals surface area contributed by atoms with E-state index >= 15 is 0 Å². The minimum Gasteiger partial charge on any atom is -0.504 e. The lowest BCUT2D eigenvalue weighted by atomic mass is 10.2. The monoisotopic (exact) mass is 209 g/mol. The Kier molecular flexibility index (Phi) is 4.43. The molecule has 0 heterocycles. The number of methoxy groups -OCH3 is 1. The van der Waals surface area contributed by atoms with Gasteiger partial charge in [-0.2, -0.15) is 0 Å². The van der Waals surface area contributed by atoms with Crippen molar-refractivity contribution in [2.45, 2.75) is 20.4 Å². The second-order valence-electron chi connectivity index (χ2n) is 4.03. The molecule has 84 valence electrons. The average Bonchev–Trinajstić information content (AvgIpc) is 2.20. The Labute approximate surface area is 91.1 Å². The van der Waals surface area contributed by atoms with Gasteiger partial charge >= 0.3 is 0 Å². The molecule has 0 saturated carbocycles. The van der Waals surface area contributed by atoms with Crippen molar-refractivity contribution in [1.82, 2.24) is 5.32 Å². The van der Waals surface area contributed by atoms with E-state index in [1.807, 2.05) is 12.1 Å². The van der Waals surface area contributed by atoms with Crippen molar-refractivity contribution in [2.24, 2.45) is 5.92 Å². The minimum absolute atomic E-state index is 0.185. The van der Waals surface area contributed by atoms with Crippen LogP contribution in [0, 0.1) is 5.92 Å². The van der Waals surface area contributed by atoms with E-state index in [-0.39, 0.29) is 5.75 Å². The van der Waals surface area contributed by atoms with Crippen LogP contribution in [0.2, 0.25) is 0 Å². The molecule has 0 aliphatic rings. The maximum Gasteiger partial charge on any atom is 0.160 e. The maximum absolute atomic E-state index is 9.40. The van der Waals surface area contributed by atoms with Gasteiger partial charge in [0.25, 0.3) is 0 Å². The highest BCUT2D eigenvalue weighted by Gasteiger charge is 2.02. The molecule has 0 fully saturated rings. The summed E-state index contributed by atoms with van der Waals surface area (Å²) in [6.45, 7) is 6.13. The van der Waals surface area contributed by atoms with Crippen molar-refractivity contribution in [3.8, 4) is 11.5 Å². The molecule has 0 saturated heterocycles. The van der Waals surface area contributed by atoms with Crippen molar-refractivity contribution < 1.29 is 9.84 Å². The highest BCUT2D eigenvalue weighted by atomic mass is 16.5. The summed E-state index contributed by atoms with van der Waals surface area (Å²) < 4.78 is 5.04. The zero-order chi connectivity index (χ0) is 11.3. The van der Waals surface area contributed by atoms with Crippen LogP contribution in [0.4, 0.5) is 0 Å². The Hall–Kier alpha value is -1.22. The fraction of sp³-hybridized carbons (Fsp3) is 0.500. The predicted octanol–water partition coefficient (Wildman–Crippen LogP) is 2.15. The number of hydrogen-bond acceptors (Lipinski definition) is 3. The molecule has 2 N–H and O–H groups in total. The summed E-state index contributed by atoms with van der Waals surface area (Å²) in [7, 11) is 1.56. The van der Waals surface area contributed by atoms with Crippen molar-refractivity contribution >= 4 is 0 Å². The Morgan fingerprint density at radius 2 is 2.13 bits per heavy atom. The van der Waals surface area contributed by atoms with Gasteiger partial charge < -0.3 is 15.2 Å². The first-order valence-corrected chi connectivity index (χ1v) is 5.20. The third-order valence-electron chi connectivity index (χ3n) is 2.13. The number of nitrogens with one attached hydrogen (secondary N) is 1. The van der Waals surface area contributed by atoms with E-state index in [9.17, 15) is 5.11 Å². The molecule has 0 bridgehead atoms. The van der Waals surface area contributed by atoms with Gasteiger partial charge in [-0.25, -0.2) is 0 Å². The quantitative estimate of drug-likeness (QED) is 0.780. The average molecular weight is 209 g/mol. The van der Waals surface area contributed by atoms with Crippen LogP contribution < -0.4 is 10.1 Å². The van der Waals surface area contributed by atoms with Crippen LogP contribution >= 0.6 is 0 Å². The molecule has 0 aromatic heterocycles. The Balaban J connectivity index is 2.54. The standard InChI is InChI=1S/C12H19NO2/c1-9(2)7-13-8-10-4-5-11(14)12(6-10)15-3/h4-6,9,13-14H,7-8H2,1-3H3. The van der Waals surface area contributed by atoms with Crippen molar-refractivity contribution in [2.75, 3.05) is 13.7 Å². The summed E-state index contributed by atoms with van der Waals surface area (Å²) in [4.78, 5) is 0. The second-order valence-corrected chi connectivity index (χ2v) is 4.03. The number of ether oxygens (including phenoxy) is 1. The van der Waals surface area contributed by atoms with Crippen LogP contribution in [-0.4, -0.2) is 18.8 Å². The lowest BCUT2D eigenvalue weighted by molar-refractivity contribution is 0.372. The highest BCUT2D eigenvalue weighted by Crippen LogP contribution is 2.26. The molecule has 0 spiro atoms. The predicted molar refractivity (Wildman–Crippen MR) is 61.2 cm³/mol. The van der Waals surface area contributed by atoms with Crippen LogP contribution in [0.5, 0.6) is 11.5 Å². The molecule has 0 atom stereocenters. The molecular formula is C12H19NO2. The van der Waals surface area contributed by atoms with E-state index in [2.05, 4.69) is 19.2 Å². The summed E-state index contributed by atoms with van der Waals surface area (Å²) in [6, 6.07) is 5.40. The molecule has 1 aromatic rings. The Bertz CT molecular complexity index is 310. The van der Waals surface area contributed by atoms with Crippen molar-refractivity contribution in [3.63, 3.8) is 0 Å². The molecule has 0 aliphatic heterocycles. The smallest absolute Gasteiger partial charge is 0.160 e. The zero-order valence-electron chi connectivity index (χ0n) is 9.58. The lowest BCUT2D eigenvalue weighted by Crippen LogP contribution is -2.18. The van der Waals surface area contributed by atoms with Crippen LogP contribution in [-0.2, 0) is 6.54 Å². The molecule has 1 rings (SSSR count). The first kappa shape index (κ1) is 11.9. The Morgan fingerprint density at radius 1 is 1.40 bits per heavy atom. The van der Waals surface area contributed by atoms with E-state index in [4.69, 9.17) is 4.74 Å². The van der Waals surface area contributed by atoms with Crippen molar-refractivity contribution in [1.29, 1.82) is 0 Å². The number of phenols is 1. The molecule has 0 radical (unpaired) electrons. The van der Waals surface area contributed by atoms with Gasteiger partial charge in [0.05, 0.1) is 7.11 Å². The fourth-order valence-electron chi connectivity index (χ4n) is 1.34. The molecule has 3 nitrogen and oxygen atoms in total.